The molecule has 2 aromatic rings. The predicted molar refractivity (Wildman–Crippen MR) is 102 cm³/mol. The Kier molecular flexibility index (Phi) is 5.01. The second-order valence-corrected chi connectivity index (χ2v) is 9.09. The van der Waals surface area contributed by atoms with E-state index in [0.29, 0.717) is 31.7 Å². The quantitative estimate of drug-likeness (QED) is 0.796. The summed E-state index contributed by atoms with van der Waals surface area (Å²) in [5.41, 5.74) is 2.48. The number of piperazine rings is 1. The summed E-state index contributed by atoms with van der Waals surface area (Å²) in [7, 11) is -3.37. The van der Waals surface area contributed by atoms with Crippen molar-refractivity contribution in [2.24, 2.45) is 0 Å². The number of hydrogen-bond donors (Lipinski definition) is 0. The maximum atomic E-state index is 12.9. The number of rotatable bonds is 4. The molecule has 8 heteroatoms. The van der Waals surface area contributed by atoms with Crippen molar-refractivity contribution >= 4 is 15.9 Å². The lowest BCUT2D eigenvalue weighted by Gasteiger charge is -2.34. The molecule has 2 aliphatic heterocycles. The van der Waals surface area contributed by atoms with Gasteiger partial charge in [0.2, 0.25) is 10.0 Å². The highest BCUT2D eigenvalue weighted by molar-refractivity contribution is 7.88. The van der Waals surface area contributed by atoms with Gasteiger partial charge in [0.25, 0.3) is 5.91 Å². The van der Waals surface area contributed by atoms with Gasteiger partial charge in [0, 0.05) is 32.7 Å². The Morgan fingerprint density at radius 2 is 1.74 bits per heavy atom. The Bertz CT molecular complexity index is 916. The number of hydrogen-bond acceptors (Lipinski definition) is 4. The van der Waals surface area contributed by atoms with Crippen LogP contribution in [0.1, 0.15) is 34.5 Å². The fourth-order valence-corrected chi connectivity index (χ4v) is 5.33. The molecule has 0 radical (unpaired) electrons. The van der Waals surface area contributed by atoms with Crippen molar-refractivity contribution in [3.8, 4) is 0 Å². The summed E-state index contributed by atoms with van der Waals surface area (Å²) in [5.74, 6) is -0.0307. The van der Waals surface area contributed by atoms with E-state index in [9.17, 15) is 13.2 Å². The normalized spacial score (nSPS) is 18.3. The first kappa shape index (κ1) is 18.2. The number of carbonyl (C=O) groups is 1. The monoisotopic (exact) mass is 388 g/mol. The van der Waals surface area contributed by atoms with Gasteiger partial charge in [-0.05, 0) is 24.8 Å². The molecule has 2 aliphatic rings. The number of benzene rings is 1. The SMILES string of the molecule is O=C(c1cnn2c1CCCC2)N1CCN(S(=O)(=O)Cc2ccccc2)CC1. The molecule has 0 bridgehead atoms. The molecule has 144 valence electrons. The Hall–Kier alpha value is -2.19. The lowest BCUT2D eigenvalue weighted by atomic mass is 10.1. The molecular formula is C19H24N4O3S. The van der Waals surface area contributed by atoms with Crippen molar-refractivity contribution in [3.05, 3.63) is 53.3 Å². The van der Waals surface area contributed by atoms with Gasteiger partial charge >= 0.3 is 0 Å². The minimum Gasteiger partial charge on any atom is -0.336 e. The van der Waals surface area contributed by atoms with Gasteiger partial charge in [0.1, 0.15) is 0 Å². The Balaban J connectivity index is 1.40. The van der Waals surface area contributed by atoms with Crippen LogP contribution in [0.4, 0.5) is 0 Å². The number of carbonyl (C=O) groups excluding carboxylic acids is 1. The third kappa shape index (κ3) is 3.77. The molecule has 1 amide bonds. The average Bonchev–Trinajstić information content (AvgIpc) is 3.12. The summed E-state index contributed by atoms with van der Waals surface area (Å²) in [4.78, 5) is 14.6. The zero-order valence-electron chi connectivity index (χ0n) is 15.2. The van der Waals surface area contributed by atoms with Crippen molar-refractivity contribution in [1.82, 2.24) is 19.0 Å². The van der Waals surface area contributed by atoms with Gasteiger partial charge in [0.15, 0.2) is 0 Å². The first-order chi connectivity index (χ1) is 13.0. The molecule has 0 saturated carbocycles. The fourth-order valence-electron chi connectivity index (χ4n) is 3.82. The Morgan fingerprint density at radius 1 is 1.00 bits per heavy atom. The first-order valence-corrected chi connectivity index (χ1v) is 11.0. The maximum absolute atomic E-state index is 12.9. The molecule has 1 saturated heterocycles. The lowest BCUT2D eigenvalue weighted by molar-refractivity contribution is 0.0696. The van der Waals surface area contributed by atoms with Crippen molar-refractivity contribution in [1.29, 1.82) is 0 Å². The second kappa shape index (κ2) is 7.44. The van der Waals surface area contributed by atoms with E-state index in [0.717, 1.165) is 37.1 Å². The van der Waals surface area contributed by atoms with E-state index >= 15 is 0 Å². The van der Waals surface area contributed by atoms with Crippen LogP contribution in [0.5, 0.6) is 0 Å². The largest absolute Gasteiger partial charge is 0.336 e. The van der Waals surface area contributed by atoms with Crippen LogP contribution in [0.15, 0.2) is 36.5 Å². The Labute approximate surface area is 159 Å². The van der Waals surface area contributed by atoms with Crippen LogP contribution >= 0.6 is 0 Å². The van der Waals surface area contributed by atoms with Crippen molar-refractivity contribution in [3.63, 3.8) is 0 Å². The number of sulfonamides is 1. The van der Waals surface area contributed by atoms with Crippen molar-refractivity contribution in [2.75, 3.05) is 26.2 Å². The molecule has 1 fully saturated rings. The van der Waals surface area contributed by atoms with E-state index in [4.69, 9.17) is 0 Å². The van der Waals surface area contributed by atoms with E-state index in [2.05, 4.69) is 5.10 Å². The van der Waals surface area contributed by atoms with Crippen LogP contribution in [0.25, 0.3) is 0 Å². The summed E-state index contributed by atoms with van der Waals surface area (Å²) < 4.78 is 28.7. The minimum absolute atomic E-state index is 0.00128. The van der Waals surface area contributed by atoms with Crippen molar-refractivity contribution < 1.29 is 13.2 Å². The Morgan fingerprint density at radius 3 is 2.48 bits per heavy atom. The molecule has 1 aromatic heterocycles. The topological polar surface area (TPSA) is 75.5 Å². The summed E-state index contributed by atoms with van der Waals surface area (Å²) in [6.45, 7) is 2.37. The van der Waals surface area contributed by atoms with Gasteiger partial charge in [-0.1, -0.05) is 30.3 Å². The molecule has 4 rings (SSSR count). The third-order valence-electron chi connectivity index (χ3n) is 5.32. The van der Waals surface area contributed by atoms with E-state index in [1.54, 1.807) is 11.1 Å². The number of nitrogens with zero attached hydrogens (tertiary/aromatic N) is 4. The number of fused-ring (bicyclic) bond motifs is 1. The average molecular weight is 388 g/mol. The van der Waals surface area contributed by atoms with E-state index in [-0.39, 0.29) is 11.7 Å². The molecular weight excluding hydrogens is 364 g/mol. The molecule has 27 heavy (non-hydrogen) atoms. The highest BCUT2D eigenvalue weighted by Gasteiger charge is 2.31. The van der Waals surface area contributed by atoms with Gasteiger partial charge in [-0.2, -0.15) is 9.40 Å². The van der Waals surface area contributed by atoms with Gasteiger partial charge in [-0.15, -0.1) is 0 Å². The number of aryl methyl sites for hydroxylation is 1. The van der Waals surface area contributed by atoms with E-state index in [1.165, 1.54) is 4.31 Å². The zero-order valence-corrected chi connectivity index (χ0v) is 16.1. The fraction of sp³-hybridized carbons (Fsp3) is 0.474. The maximum Gasteiger partial charge on any atom is 0.257 e. The van der Waals surface area contributed by atoms with Crippen LogP contribution in [0, 0.1) is 0 Å². The molecule has 0 spiro atoms. The molecule has 3 heterocycles. The first-order valence-electron chi connectivity index (χ1n) is 9.40. The van der Waals surface area contributed by atoms with Crippen LogP contribution in [0.3, 0.4) is 0 Å². The molecule has 0 N–H and O–H groups in total. The number of amides is 1. The summed E-state index contributed by atoms with van der Waals surface area (Å²) >= 11 is 0. The van der Waals surface area contributed by atoms with Crippen LogP contribution < -0.4 is 0 Å². The van der Waals surface area contributed by atoms with Gasteiger partial charge in [0.05, 0.1) is 23.2 Å². The van der Waals surface area contributed by atoms with E-state index < -0.39 is 10.0 Å². The molecule has 0 atom stereocenters. The second-order valence-electron chi connectivity index (χ2n) is 7.12. The van der Waals surface area contributed by atoms with Crippen LogP contribution in [-0.2, 0) is 28.7 Å². The lowest BCUT2D eigenvalue weighted by Crippen LogP contribution is -2.50. The minimum atomic E-state index is -3.37. The highest BCUT2D eigenvalue weighted by atomic mass is 32.2. The van der Waals surface area contributed by atoms with Gasteiger partial charge in [-0.25, -0.2) is 8.42 Å². The summed E-state index contributed by atoms with van der Waals surface area (Å²) in [6, 6.07) is 9.19. The highest BCUT2D eigenvalue weighted by Crippen LogP contribution is 2.21. The van der Waals surface area contributed by atoms with Crippen LogP contribution in [-0.4, -0.2) is 59.5 Å². The number of aromatic nitrogens is 2. The standard InChI is InChI=1S/C19H24N4O3S/c24-19(17-14-20-23-9-5-4-8-18(17)23)21-10-12-22(13-11-21)27(25,26)15-16-6-2-1-3-7-16/h1-3,6-7,14H,4-5,8-13,15H2. The molecule has 0 aliphatic carbocycles. The van der Waals surface area contributed by atoms with Crippen LogP contribution in [0.2, 0.25) is 0 Å². The predicted octanol–water partition coefficient (Wildman–Crippen LogP) is 1.51. The third-order valence-corrected chi connectivity index (χ3v) is 7.17. The molecule has 1 aromatic carbocycles. The molecule has 0 unspecified atom stereocenters. The zero-order chi connectivity index (χ0) is 18.9. The smallest absolute Gasteiger partial charge is 0.257 e. The summed E-state index contributed by atoms with van der Waals surface area (Å²) in [6.07, 6.45) is 4.73. The van der Waals surface area contributed by atoms with Crippen molar-refractivity contribution in [2.45, 2.75) is 31.6 Å². The van der Waals surface area contributed by atoms with E-state index in [1.807, 2.05) is 35.0 Å². The molecule has 7 nitrogen and oxygen atoms in total. The van der Waals surface area contributed by atoms with Gasteiger partial charge < -0.3 is 4.90 Å². The summed E-state index contributed by atoms with van der Waals surface area (Å²) in [5, 5.41) is 4.34. The van der Waals surface area contributed by atoms with Gasteiger partial charge in [-0.3, -0.25) is 9.48 Å².